The maximum Gasteiger partial charge on any atom is 0.0720 e. The average molecular weight is 232 g/mol. The molecule has 1 nitrogen and oxygen atoms in total. The minimum atomic E-state index is 0.508. The smallest absolute Gasteiger partial charge is 0.0720 e. The van der Waals surface area contributed by atoms with Crippen molar-refractivity contribution in [1.29, 1.82) is 0 Å². The van der Waals surface area contributed by atoms with Crippen molar-refractivity contribution in [1.82, 2.24) is 0 Å². The molecule has 0 radical (unpaired) electrons. The molecule has 0 heterocycles. The summed E-state index contributed by atoms with van der Waals surface area (Å²) in [5.74, 6) is 0.614. The van der Waals surface area contributed by atoms with Gasteiger partial charge in [0.1, 0.15) is 0 Å². The van der Waals surface area contributed by atoms with Crippen molar-refractivity contribution in [2.24, 2.45) is 0 Å². The van der Waals surface area contributed by atoms with E-state index in [1.165, 1.54) is 43.2 Å². The van der Waals surface area contributed by atoms with Crippen molar-refractivity contribution in [2.75, 3.05) is 0 Å². The predicted octanol–water partition coefficient (Wildman–Crippen LogP) is 4.66. The summed E-state index contributed by atoms with van der Waals surface area (Å²) >= 11 is 0. The molecule has 0 aliphatic heterocycles. The number of hydrogen-bond acceptors (Lipinski definition) is 1. The van der Waals surface area contributed by atoms with Gasteiger partial charge in [0.25, 0.3) is 0 Å². The van der Waals surface area contributed by atoms with E-state index >= 15 is 0 Å². The Kier molecular flexibility index (Phi) is 4.61. The molecule has 0 bridgehead atoms. The third-order valence-corrected chi connectivity index (χ3v) is 3.68. The predicted molar refractivity (Wildman–Crippen MR) is 72.2 cm³/mol. The van der Waals surface area contributed by atoms with Crippen LogP contribution in [-0.2, 0) is 11.3 Å². The van der Waals surface area contributed by atoms with Crippen molar-refractivity contribution in [3.05, 3.63) is 35.4 Å². The lowest BCUT2D eigenvalue weighted by molar-refractivity contribution is 0.0168. The van der Waals surface area contributed by atoms with Crippen LogP contribution < -0.4 is 0 Å². The molecule has 1 saturated carbocycles. The Balaban J connectivity index is 1.82. The van der Waals surface area contributed by atoms with Crippen LogP contribution in [0.5, 0.6) is 0 Å². The summed E-state index contributed by atoms with van der Waals surface area (Å²) in [7, 11) is 0. The molecule has 1 aromatic rings. The molecule has 94 valence electrons. The Morgan fingerprint density at radius 1 is 1.06 bits per heavy atom. The van der Waals surface area contributed by atoms with Crippen LogP contribution in [0.15, 0.2) is 24.3 Å². The molecule has 1 aliphatic rings. The number of benzene rings is 1. The van der Waals surface area contributed by atoms with E-state index in [4.69, 9.17) is 4.74 Å². The zero-order valence-electron chi connectivity index (χ0n) is 11.1. The van der Waals surface area contributed by atoms with Gasteiger partial charge in [0.15, 0.2) is 0 Å². The molecule has 1 heteroatoms. The van der Waals surface area contributed by atoms with Crippen molar-refractivity contribution in [2.45, 2.75) is 64.6 Å². The second-order valence-electron chi connectivity index (χ2n) is 5.47. The van der Waals surface area contributed by atoms with Crippen LogP contribution in [0.2, 0.25) is 0 Å². The molecular weight excluding hydrogens is 208 g/mol. The first-order chi connectivity index (χ1) is 8.25. The number of ether oxygens (including phenoxy) is 1. The van der Waals surface area contributed by atoms with E-state index in [1.54, 1.807) is 0 Å². The first-order valence-corrected chi connectivity index (χ1v) is 6.96. The molecule has 0 atom stereocenters. The standard InChI is InChI=1S/C16H24O/c1-13(2)15-10-8-14(9-11-15)12-17-16-6-4-3-5-7-16/h8-11,13,16H,3-7,12H2,1-2H3. The van der Waals surface area contributed by atoms with E-state index in [2.05, 4.69) is 38.1 Å². The molecule has 0 unspecified atom stereocenters. The minimum absolute atomic E-state index is 0.508. The molecule has 0 amide bonds. The Hall–Kier alpha value is -0.820. The number of rotatable bonds is 4. The van der Waals surface area contributed by atoms with Gasteiger partial charge in [-0.25, -0.2) is 0 Å². The zero-order chi connectivity index (χ0) is 12.1. The van der Waals surface area contributed by atoms with Gasteiger partial charge in [-0.3, -0.25) is 0 Å². The highest BCUT2D eigenvalue weighted by atomic mass is 16.5. The zero-order valence-corrected chi connectivity index (χ0v) is 11.1. The molecule has 1 fully saturated rings. The van der Waals surface area contributed by atoms with Crippen molar-refractivity contribution < 1.29 is 4.74 Å². The maximum absolute atomic E-state index is 5.97. The highest BCUT2D eigenvalue weighted by Gasteiger charge is 2.13. The van der Waals surface area contributed by atoms with Gasteiger partial charge in [-0.15, -0.1) is 0 Å². The molecule has 0 spiro atoms. The second kappa shape index (κ2) is 6.20. The van der Waals surface area contributed by atoms with Gasteiger partial charge in [0.05, 0.1) is 12.7 Å². The Bertz CT molecular complexity index is 320. The highest BCUT2D eigenvalue weighted by Crippen LogP contribution is 2.22. The van der Waals surface area contributed by atoms with Gasteiger partial charge < -0.3 is 4.74 Å². The van der Waals surface area contributed by atoms with Crippen LogP contribution in [0.3, 0.4) is 0 Å². The van der Waals surface area contributed by atoms with Gasteiger partial charge in [0, 0.05) is 0 Å². The second-order valence-corrected chi connectivity index (χ2v) is 5.47. The SMILES string of the molecule is CC(C)c1ccc(COC2CCCCC2)cc1. The average Bonchev–Trinajstić information content (AvgIpc) is 2.38. The molecule has 1 aromatic carbocycles. The van der Waals surface area contributed by atoms with E-state index in [0.717, 1.165) is 6.61 Å². The van der Waals surface area contributed by atoms with Crippen LogP contribution >= 0.6 is 0 Å². The maximum atomic E-state index is 5.97. The van der Waals surface area contributed by atoms with Crippen LogP contribution in [0.25, 0.3) is 0 Å². The topological polar surface area (TPSA) is 9.23 Å². The van der Waals surface area contributed by atoms with E-state index in [9.17, 15) is 0 Å². The summed E-state index contributed by atoms with van der Waals surface area (Å²) in [5.41, 5.74) is 2.71. The van der Waals surface area contributed by atoms with E-state index < -0.39 is 0 Å². The Morgan fingerprint density at radius 3 is 2.29 bits per heavy atom. The summed E-state index contributed by atoms with van der Waals surface area (Å²) in [6, 6.07) is 8.87. The summed E-state index contributed by atoms with van der Waals surface area (Å²) < 4.78 is 5.97. The molecule has 2 rings (SSSR count). The van der Waals surface area contributed by atoms with Gasteiger partial charge in [-0.1, -0.05) is 57.4 Å². The van der Waals surface area contributed by atoms with Gasteiger partial charge >= 0.3 is 0 Å². The largest absolute Gasteiger partial charge is 0.374 e. The third-order valence-electron chi connectivity index (χ3n) is 3.68. The molecule has 0 aromatic heterocycles. The lowest BCUT2D eigenvalue weighted by atomic mass is 9.98. The van der Waals surface area contributed by atoms with Crippen LogP contribution in [-0.4, -0.2) is 6.10 Å². The monoisotopic (exact) mass is 232 g/mol. The fourth-order valence-corrected chi connectivity index (χ4v) is 2.44. The molecular formula is C16H24O. The van der Waals surface area contributed by atoms with Crippen LogP contribution in [0.4, 0.5) is 0 Å². The summed E-state index contributed by atoms with van der Waals surface area (Å²) in [6.07, 6.45) is 7.10. The lowest BCUT2D eigenvalue weighted by Gasteiger charge is -2.22. The van der Waals surface area contributed by atoms with E-state index in [0.29, 0.717) is 12.0 Å². The van der Waals surface area contributed by atoms with Crippen molar-refractivity contribution in [3.8, 4) is 0 Å². The molecule has 0 N–H and O–H groups in total. The fourth-order valence-electron chi connectivity index (χ4n) is 2.44. The highest BCUT2D eigenvalue weighted by molar-refractivity contribution is 5.24. The lowest BCUT2D eigenvalue weighted by Crippen LogP contribution is -2.16. The number of hydrogen-bond donors (Lipinski definition) is 0. The summed E-state index contributed by atoms with van der Waals surface area (Å²) in [6.45, 7) is 5.24. The van der Waals surface area contributed by atoms with E-state index in [1.807, 2.05) is 0 Å². The molecule has 0 saturated heterocycles. The Labute approximate surface area is 105 Å². The Morgan fingerprint density at radius 2 is 1.71 bits per heavy atom. The summed E-state index contributed by atoms with van der Waals surface area (Å²) in [5, 5.41) is 0. The first-order valence-electron chi connectivity index (χ1n) is 6.96. The third kappa shape index (κ3) is 3.85. The molecule has 1 aliphatic carbocycles. The minimum Gasteiger partial charge on any atom is -0.374 e. The van der Waals surface area contributed by atoms with Gasteiger partial charge in [-0.2, -0.15) is 0 Å². The quantitative estimate of drug-likeness (QED) is 0.733. The normalized spacial score (nSPS) is 17.6. The fraction of sp³-hybridized carbons (Fsp3) is 0.625. The molecule has 17 heavy (non-hydrogen) atoms. The van der Waals surface area contributed by atoms with Gasteiger partial charge in [0.2, 0.25) is 0 Å². The van der Waals surface area contributed by atoms with E-state index in [-0.39, 0.29) is 0 Å². The first kappa shape index (κ1) is 12.6. The van der Waals surface area contributed by atoms with Crippen molar-refractivity contribution in [3.63, 3.8) is 0 Å². The van der Waals surface area contributed by atoms with Gasteiger partial charge in [-0.05, 0) is 29.9 Å². The van der Waals surface area contributed by atoms with Crippen LogP contribution in [0, 0.1) is 0 Å². The summed E-state index contributed by atoms with van der Waals surface area (Å²) in [4.78, 5) is 0. The van der Waals surface area contributed by atoms with Crippen LogP contribution in [0.1, 0.15) is 63.0 Å². The van der Waals surface area contributed by atoms with Crippen molar-refractivity contribution >= 4 is 0 Å².